The van der Waals surface area contributed by atoms with Gasteiger partial charge in [0.05, 0.1) is 7.11 Å². The highest BCUT2D eigenvalue weighted by Gasteiger charge is 2.32. The van der Waals surface area contributed by atoms with Crippen molar-refractivity contribution in [1.29, 1.82) is 0 Å². The minimum absolute atomic E-state index is 0.180. The summed E-state index contributed by atoms with van der Waals surface area (Å²) in [6.07, 6.45) is 1.70. The molecule has 1 aliphatic rings. The second-order valence-corrected chi connectivity index (χ2v) is 7.43. The first-order valence-corrected chi connectivity index (χ1v) is 9.20. The molecule has 6 heteroatoms. The molecule has 0 bridgehead atoms. The summed E-state index contributed by atoms with van der Waals surface area (Å²) in [6, 6.07) is 8.41. The van der Waals surface area contributed by atoms with Gasteiger partial charge in [0.15, 0.2) is 0 Å². The first-order valence-electron chi connectivity index (χ1n) is 9.20. The van der Waals surface area contributed by atoms with Crippen LogP contribution in [0.4, 0.5) is 4.79 Å². The van der Waals surface area contributed by atoms with Crippen LogP contribution in [0.15, 0.2) is 24.3 Å². The second-order valence-electron chi connectivity index (χ2n) is 7.43. The number of likely N-dealkylation sites (tertiary alicyclic amines) is 1. The number of nitrogens with zero attached hydrogens (tertiary/aromatic N) is 1. The lowest BCUT2D eigenvalue weighted by molar-refractivity contribution is 0.0103. The Balaban J connectivity index is 0.00000123. The van der Waals surface area contributed by atoms with E-state index in [-0.39, 0.29) is 12.1 Å². The fourth-order valence-corrected chi connectivity index (χ4v) is 2.96. The average molecular weight is 384 g/mol. The van der Waals surface area contributed by atoms with Crippen LogP contribution < -0.4 is 4.74 Å². The highest BCUT2D eigenvalue weighted by atomic mass is 16.6. The van der Waals surface area contributed by atoms with Crippen molar-refractivity contribution in [3.8, 4) is 5.75 Å². The first kappa shape index (κ1) is 25.2. The molecule has 156 valence electrons. The normalized spacial score (nSPS) is 19.1. The fraction of sp³-hybridized carbons (Fsp3) is 0.667. The zero-order valence-corrected chi connectivity index (χ0v) is 18.1. The van der Waals surface area contributed by atoms with Crippen molar-refractivity contribution in [3.63, 3.8) is 0 Å². The van der Waals surface area contributed by atoms with Gasteiger partial charge in [-0.15, -0.1) is 0 Å². The maximum Gasteiger partial charge on any atom is 0.410 e. The molecule has 0 saturated carbocycles. The van der Waals surface area contributed by atoms with Crippen molar-refractivity contribution < 1.29 is 24.1 Å². The summed E-state index contributed by atoms with van der Waals surface area (Å²) in [6.45, 7) is 8.53. The quantitative estimate of drug-likeness (QED) is 0.834. The molecule has 1 heterocycles. The fourth-order valence-electron chi connectivity index (χ4n) is 2.96. The number of hydrogen-bond donors (Lipinski definition) is 1. The van der Waals surface area contributed by atoms with Crippen molar-refractivity contribution in [2.45, 2.75) is 58.1 Å². The summed E-state index contributed by atoms with van der Waals surface area (Å²) in [4.78, 5) is 14.1. The molecular formula is C21H37NO5. The van der Waals surface area contributed by atoms with Crippen molar-refractivity contribution >= 4 is 6.09 Å². The molecule has 1 fully saturated rings. The van der Waals surface area contributed by atoms with E-state index in [1.807, 2.05) is 37.8 Å². The molecule has 6 nitrogen and oxygen atoms in total. The van der Waals surface area contributed by atoms with Crippen LogP contribution in [0.1, 0.15) is 52.0 Å². The van der Waals surface area contributed by atoms with E-state index in [9.17, 15) is 4.79 Å². The molecule has 1 aliphatic heterocycles. The number of piperidine rings is 1. The van der Waals surface area contributed by atoms with Gasteiger partial charge in [0.1, 0.15) is 11.4 Å². The number of aliphatic hydroxyl groups excluding tert-OH is 1. The van der Waals surface area contributed by atoms with Crippen molar-refractivity contribution in [1.82, 2.24) is 4.90 Å². The molecule has 0 spiro atoms. The Labute approximate surface area is 164 Å². The lowest BCUT2D eigenvalue weighted by Gasteiger charge is -2.38. The van der Waals surface area contributed by atoms with Gasteiger partial charge in [-0.2, -0.15) is 0 Å². The van der Waals surface area contributed by atoms with Crippen LogP contribution in [0.2, 0.25) is 0 Å². The van der Waals surface area contributed by atoms with Gasteiger partial charge in [-0.25, -0.2) is 4.79 Å². The van der Waals surface area contributed by atoms with Gasteiger partial charge in [0.25, 0.3) is 0 Å². The Morgan fingerprint density at radius 1 is 1.19 bits per heavy atom. The Morgan fingerprint density at radius 2 is 1.78 bits per heavy atom. The summed E-state index contributed by atoms with van der Waals surface area (Å²) >= 11 is 0. The van der Waals surface area contributed by atoms with Crippen LogP contribution in [-0.4, -0.2) is 62.7 Å². The van der Waals surface area contributed by atoms with Gasteiger partial charge < -0.3 is 24.2 Å². The smallest absolute Gasteiger partial charge is 0.410 e. The van der Waals surface area contributed by atoms with Gasteiger partial charge in [0, 0.05) is 33.9 Å². The maximum absolute atomic E-state index is 12.3. The van der Waals surface area contributed by atoms with Gasteiger partial charge in [-0.3, -0.25) is 0 Å². The van der Waals surface area contributed by atoms with Gasteiger partial charge in [-0.1, -0.05) is 12.1 Å². The summed E-state index contributed by atoms with van der Waals surface area (Å²) < 4.78 is 15.0. The second kappa shape index (κ2) is 12.6. The van der Waals surface area contributed by atoms with E-state index < -0.39 is 5.60 Å². The molecule has 0 aliphatic carbocycles. The van der Waals surface area contributed by atoms with Crippen LogP contribution in [0.5, 0.6) is 5.75 Å². The number of benzene rings is 1. The number of amides is 1. The molecule has 2 atom stereocenters. The molecule has 2 unspecified atom stereocenters. The predicted octanol–water partition coefficient (Wildman–Crippen LogP) is 4.07. The van der Waals surface area contributed by atoms with Gasteiger partial charge in [-0.05, 0) is 64.2 Å². The molecule has 27 heavy (non-hydrogen) atoms. The summed E-state index contributed by atoms with van der Waals surface area (Å²) in [5.41, 5.74) is 0.843. The Bertz CT molecular complexity index is 542. The topological polar surface area (TPSA) is 68.2 Å². The van der Waals surface area contributed by atoms with Crippen LogP contribution in [0.25, 0.3) is 0 Å². The highest BCUT2D eigenvalue weighted by Crippen LogP contribution is 2.33. The van der Waals surface area contributed by atoms with Crippen molar-refractivity contribution in [2.75, 3.05) is 35.0 Å². The molecule has 1 saturated heterocycles. The van der Waals surface area contributed by atoms with E-state index in [4.69, 9.17) is 14.6 Å². The number of carbonyl (C=O) groups is 1. The molecule has 1 aromatic carbocycles. The SMILES string of the molecule is CO.COC.COc1cccc(C2CCN(C(=O)OC(C)(C)C)C(C)C2)c1. The molecule has 1 amide bonds. The molecule has 1 N–H and O–H groups in total. The number of hydrogen-bond acceptors (Lipinski definition) is 5. The molecule has 0 aromatic heterocycles. The van der Waals surface area contributed by atoms with E-state index in [1.165, 1.54) is 5.56 Å². The largest absolute Gasteiger partial charge is 0.497 e. The number of rotatable bonds is 2. The van der Waals surface area contributed by atoms with Gasteiger partial charge in [0.2, 0.25) is 0 Å². The lowest BCUT2D eigenvalue weighted by atomic mass is 9.86. The Kier molecular flexibility index (Phi) is 11.7. The summed E-state index contributed by atoms with van der Waals surface area (Å²) in [5.74, 6) is 1.35. The van der Waals surface area contributed by atoms with Crippen LogP contribution in [-0.2, 0) is 9.47 Å². The number of carbonyl (C=O) groups excluding carboxylic acids is 1. The Morgan fingerprint density at radius 3 is 2.26 bits per heavy atom. The van der Waals surface area contributed by atoms with Crippen molar-refractivity contribution in [3.05, 3.63) is 29.8 Å². The Hall–Kier alpha value is -1.79. The first-order chi connectivity index (χ1) is 12.7. The van der Waals surface area contributed by atoms with Crippen LogP contribution in [0.3, 0.4) is 0 Å². The minimum Gasteiger partial charge on any atom is -0.497 e. The zero-order valence-electron chi connectivity index (χ0n) is 18.1. The molecule has 0 radical (unpaired) electrons. The third kappa shape index (κ3) is 9.11. The van der Waals surface area contributed by atoms with E-state index in [1.54, 1.807) is 21.3 Å². The molecule has 1 aromatic rings. The van der Waals surface area contributed by atoms with Crippen LogP contribution >= 0.6 is 0 Å². The highest BCUT2D eigenvalue weighted by molar-refractivity contribution is 5.68. The van der Waals surface area contributed by atoms with E-state index in [2.05, 4.69) is 23.8 Å². The van der Waals surface area contributed by atoms with E-state index >= 15 is 0 Å². The van der Waals surface area contributed by atoms with Crippen LogP contribution in [0, 0.1) is 0 Å². The maximum atomic E-state index is 12.3. The third-order valence-corrected chi connectivity index (χ3v) is 4.07. The average Bonchev–Trinajstić information content (AvgIpc) is 2.62. The molecule has 2 rings (SSSR count). The zero-order chi connectivity index (χ0) is 21.0. The van der Waals surface area contributed by atoms with Gasteiger partial charge >= 0.3 is 6.09 Å². The molecular weight excluding hydrogens is 346 g/mol. The minimum atomic E-state index is -0.444. The monoisotopic (exact) mass is 383 g/mol. The number of ether oxygens (including phenoxy) is 3. The standard InChI is InChI=1S/C18H27NO3.C2H6O.CH4O/c1-13-11-15(14-7-6-8-16(12-14)21-5)9-10-19(13)17(20)22-18(2,3)4;1-3-2;1-2/h6-8,12-13,15H,9-11H2,1-5H3;1-2H3;2H,1H3. The van der Waals surface area contributed by atoms with E-state index in [0.717, 1.165) is 32.2 Å². The predicted molar refractivity (Wildman–Crippen MR) is 108 cm³/mol. The van der Waals surface area contributed by atoms with E-state index in [0.29, 0.717) is 5.92 Å². The summed E-state index contributed by atoms with van der Waals surface area (Å²) in [5, 5.41) is 7.00. The third-order valence-electron chi connectivity index (χ3n) is 4.07. The number of aliphatic hydroxyl groups is 1. The number of methoxy groups -OCH3 is 2. The summed E-state index contributed by atoms with van der Waals surface area (Å²) in [7, 11) is 5.94. The van der Waals surface area contributed by atoms with Crippen molar-refractivity contribution in [2.24, 2.45) is 0 Å². The lowest BCUT2D eigenvalue weighted by Crippen LogP contribution is -2.46.